The van der Waals surface area contributed by atoms with Crippen molar-refractivity contribution in [2.24, 2.45) is 0 Å². The summed E-state index contributed by atoms with van der Waals surface area (Å²) in [5, 5.41) is 0.896. The fourth-order valence-corrected chi connectivity index (χ4v) is 5.10. The Morgan fingerprint density at radius 1 is 1.04 bits per heavy atom. The third-order valence-electron chi connectivity index (χ3n) is 5.02. The molecule has 1 heterocycles. The highest BCUT2D eigenvalue weighted by Gasteiger charge is 2.29. The Morgan fingerprint density at radius 3 is 2.44 bits per heavy atom. The minimum absolute atomic E-state index is 0.0950. The standard InChI is InChI=1S/C21H21NO4S/c1-14-7-10-17(11-8-14)27(24,25)22(15(2)23)16-9-12-21-19(13-16)18-5-3-4-6-20(18)26-21/h7-13H,3-6H2,1-2H3. The van der Waals surface area contributed by atoms with Gasteiger partial charge in [0.2, 0.25) is 5.91 Å². The quantitative estimate of drug-likeness (QED) is 0.674. The summed E-state index contributed by atoms with van der Waals surface area (Å²) in [5.41, 5.74) is 3.16. The highest BCUT2D eigenvalue weighted by atomic mass is 32.2. The number of fused-ring (bicyclic) bond motifs is 3. The van der Waals surface area contributed by atoms with E-state index in [0.717, 1.165) is 57.8 Å². The van der Waals surface area contributed by atoms with E-state index in [1.165, 1.54) is 19.1 Å². The van der Waals surface area contributed by atoms with Crippen LogP contribution in [0.1, 0.15) is 36.7 Å². The number of carbonyl (C=O) groups excluding carboxylic acids is 1. The zero-order valence-electron chi connectivity index (χ0n) is 15.4. The second-order valence-corrected chi connectivity index (χ2v) is 8.78. The zero-order valence-corrected chi connectivity index (χ0v) is 16.2. The highest BCUT2D eigenvalue weighted by molar-refractivity contribution is 7.93. The second-order valence-electron chi connectivity index (χ2n) is 6.99. The van der Waals surface area contributed by atoms with Crippen LogP contribution in [0.2, 0.25) is 0 Å². The summed E-state index contributed by atoms with van der Waals surface area (Å²) < 4.78 is 33.1. The molecule has 0 unspecified atom stereocenters. The maximum absolute atomic E-state index is 13.1. The van der Waals surface area contributed by atoms with E-state index < -0.39 is 15.9 Å². The van der Waals surface area contributed by atoms with E-state index in [1.807, 2.05) is 6.92 Å². The predicted molar refractivity (Wildman–Crippen MR) is 104 cm³/mol. The minimum atomic E-state index is -3.99. The first-order valence-corrected chi connectivity index (χ1v) is 10.5. The summed E-state index contributed by atoms with van der Waals surface area (Å²) in [7, 11) is -3.99. The average Bonchev–Trinajstić information content (AvgIpc) is 3.00. The van der Waals surface area contributed by atoms with Gasteiger partial charge in [-0.05, 0) is 56.5 Å². The van der Waals surface area contributed by atoms with Gasteiger partial charge in [0.15, 0.2) is 0 Å². The zero-order chi connectivity index (χ0) is 19.2. The number of benzene rings is 2. The number of aryl methyl sites for hydroxylation is 3. The Hall–Kier alpha value is -2.60. The molecule has 4 rings (SSSR count). The van der Waals surface area contributed by atoms with Gasteiger partial charge in [-0.25, -0.2) is 12.7 Å². The second kappa shape index (κ2) is 6.53. The smallest absolute Gasteiger partial charge is 0.270 e. The van der Waals surface area contributed by atoms with E-state index in [4.69, 9.17) is 4.42 Å². The van der Waals surface area contributed by atoms with E-state index in [0.29, 0.717) is 5.69 Å². The fraction of sp³-hybridized carbons (Fsp3) is 0.286. The molecule has 5 nitrogen and oxygen atoms in total. The lowest BCUT2D eigenvalue weighted by Gasteiger charge is -2.21. The van der Waals surface area contributed by atoms with Gasteiger partial charge in [0.25, 0.3) is 10.0 Å². The van der Waals surface area contributed by atoms with Gasteiger partial charge in [0.1, 0.15) is 11.3 Å². The van der Waals surface area contributed by atoms with Crippen molar-refractivity contribution < 1.29 is 17.6 Å². The van der Waals surface area contributed by atoms with Crippen molar-refractivity contribution in [1.82, 2.24) is 0 Å². The SMILES string of the molecule is CC(=O)N(c1ccc2oc3c(c2c1)CCCC3)S(=O)(=O)c1ccc(C)cc1. The first-order chi connectivity index (χ1) is 12.9. The van der Waals surface area contributed by atoms with Gasteiger partial charge >= 0.3 is 0 Å². The summed E-state index contributed by atoms with van der Waals surface area (Å²) in [5.74, 6) is 0.427. The molecule has 0 fully saturated rings. The van der Waals surface area contributed by atoms with Crippen LogP contribution in [0.5, 0.6) is 0 Å². The molecule has 1 aromatic heterocycles. The van der Waals surface area contributed by atoms with Crippen molar-refractivity contribution in [2.75, 3.05) is 4.31 Å². The molecule has 6 heteroatoms. The Kier molecular flexibility index (Phi) is 4.30. The Labute approximate surface area is 158 Å². The number of nitrogens with zero attached hydrogens (tertiary/aromatic N) is 1. The number of rotatable bonds is 3. The molecule has 27 heavy (non-hydrogen) atoms. The lowest BCUT2D eigenvalue weighted by Crippen LogP contribution is -2.35. The van der Waals surface area contributed by atoms with E-state index in [9.17, 15) is 13.2 Å². The average molecular weight is 383 g/mol. The lowest BCUT2D eigenvalue weighted by molar-refractivity contribution is -0.115. The normalized spacial score (nSPS) is 14.1. The first-order valence-electron chi connectivity index (χ1n) is 9.05. The molecule has 140 valence electrons. The van der Waals surface area contributed by atoms with Crippen LogP contribution in [-0.4, -0.2) is 14.3 Å². The maximum atomic E-state index is 13.1. The predicted octanol–water partition coefficient (Wildman–Crippen LogP) is 4.36. The third kappa shape index (κ3) is 3.04. The van der Waals surface area contributed by atoms with Gasteiger partial charge in [-0.2, -0.15) is 0 Å². The van der Waals surface area contributed by atoms with Crippen LogP contribution in [0.4, 0.5) is 5.69 Å². The Bertz CT molecular complexity index is 1130. The summed E-state index contributed by atoms with van der Waals surface area (Å²) in [4.78, 5) is 12.4. The first kappa shape index (κ1) is 17.8. The third-order valence-corrected chi connectivity index (χ3v) is 6.83. The largest absolute Gasteiger partial charge is 0.461 e. The number of hydrogen-bond donors (Lipinski definition) is 0. The molecule has 0 spiro atoms. The Balaban J connectivity index is 1.85. The molecular formula is C21H21NO4S. The fourth-order valence-electron chi connectivity index (χ4n) is 3.68. The molecule has 1 amide bonds. The van der Waals surface area contributed by atoms with Crippen LogP contribution >= 0.6 is 0 Å². The van der Waals surface area contributed by atoms with Crippen molar-refractivity contribution in [3.05, 3.63) is 59.4 Å². The molecule has 3 aromatic rings. The molecule has 0 saturated carbocycles. The van der Waals surface area contributed by atoms with Gasteiger partial charge in [0.05, 0.1) is 10.6 Å². The molecule has 1 aliphatic rings. The molecule has 0 radical (unpaired) electrons. The van der Waals surface area contributed by atoms with E-state index in [-0.39, 0.29) is 4.90 Å². The lowest BCUT2D eigenvalue weighted by atomic mass is 9.96. The molecule has 2 aromatic carbocycles. The minimum Gasteiger partial charge on any atom is -0.461 e. The molecule has 0 atom stereocenters. The molecular weight excluding hydrogens is 362 g/mol. The number of sulfonamides is 1. The van der Waals surface area contributed by atoms with Gasteiger partial charge in [-0.15, -0.1) is 0 Å². The van der Waals surface area contributed by atoms with Crippen LogP contribution in [0.15, 0.2) is 51.8 Å². The number of anilines is 1. The molecule has 0 saturated heterocycles. The van der Waals surface area contributed by atoms with Crippen molar-refractivity contribution in [3.8, 4) is 0 Å². The number of amides is 1. The van der Waals surface area contributed by atoms with E-state index >= 15 is 0 Å². The van der Waals surface area contributed by atoms with E-state index in [2.05, 4.69) is 0 Å². The summed E-state index contributed by atoms with van der Waals surface area (Å²) >= 11 is 0. The number of furan rings is 1. The van der Waals surface area contributed by atoms with Crippen LogP contribution in [0.25, 0.3) is 11.0 Å². The van der Waals surface area contributed by atoms with Crippen LogP contribution in [0, 0.1) is 6.92 Å². The number of hydrogen-bond acceptors (Lipinski definition) is 4. The maximum Gasteiger partial charge on any atom is 0.270 e. The van der Waals surface area contributed by atoms with E-state index in [1.54, 1.807) is 30.3 Å². The van der Waals surface area contributed by atoms with Crippen molar-refractivity contribution in [1.29, 1.82) is 0 Å². The highest BCUT2D eigenvalue weighted by Crippen LogP contribution is 2.35. The van der Waals surface area contributed by atoms with Crippen LogP contribution < -0.4 is 4.31 Å². The molecule has 1 aliphatic carbocycles. The monoisotopic (exact) mass is 383 g/mol. The van der Waals surface area contributed by atoms with Gasteiger partial charge in [-0.1, -0.05) is 17.7 Å². The van der Waals surface area contributed by atoms with Crippen molar-refractivity contribution >= 4 is 32.6 Å². The summed E-state index contributed by atoms with van der Waals surface area (Å²) in [6.45, 7) is 3.15. The van der Waals surface area contributed by atoms with Crippen molar-refractivity contribution in [2.45, 2.75) is 44.4 Å². The van der Waals surface area contributed by atoms with Gasteiger partial charge < -0.3 is 4.42 Å². The van der Waals surface area contributed by atoms with Gasteiger partial charge in [-0.3, -0.25) is 4.79 Å². The molecule has 0 N–H and O–H groups in total. The molecule has 0 bridgehead atoms. The van der Waals surface area contributed by atoms with Crippen LogP contribution in [-0.2, 0) is 27.7 Å². The Morgan fingerprint density at radius 2 is 1.74 bits per heavy atom. The molecule has 0 aliphatic heterocycles. The summed E-state index contributed by atoms with van der Waals surface area (Å²) in [6, 6.07) is 11.6. The topological polar surface area (TPSA) is 67.6 Å². The van der Waals surface area contributed by atoms with Crippen molar-refractivity contribution in [3.63, 3.8) is 0 Å². The summed E-state index contributed by atoms with van der Waals surface area (Å²) in [6.07, 6.45) is 4.00. The number of carbonyl (C=O) groups is 1. The van der Waals surface area contributed by atoms with Gasteiger partial charge in [0, 0.05) is 24.3 Å². The van der Waals surface area contributed by atoms with Crippen LogP contribution in [0.3, 0.4) is 0 Å².